The van der Waals surface area contributed by atoms with Gasteiger partial charge in [-0.05, 0) is 79.3 Å². The molecule has 1 aliphatic heterocycles. The second kappa shape index (κ2) is 11.0. The molecule has 0 bridgehead atoms. The van der Waals surface area contributed by atoms with Gasteiger partial charge in [0.25, 0.3) is 0 Å². The molecule has 230 valence electrons. The van der Waals surface area contributed by atoms with Gasteiger partial charge in [0, 0.05) is 21.9 Å². The molecule has 4 heteroatoms. The van der Waals surface area contributed by atoms with E-state index in [0.29, 0.717) is 5.84 Å². The molecule has 2 heterocycles. The summed E-state index contributed by atoms with van der Waals surface area (Å²) in [6.45, 7) is 0. The first-order valence-corrected chi connectivity index (χ1v) is 16.6. The number of nitrogens with zero attached hydrogens (tertiary/aromatic N) is 2. The quantitative estimate of drug-likeness (QED) is 0.197. The zero-order valence-electron chi connectivity index (χ0n) is 26.5. The number of aliphatic imine (C=N–C) groups is 2. The van der Waals surface area contributed by atoms with Crippen LogP contribution in [0.1, 0.15) is 22.9 Å². The standard InChI is InChI=1S/C45H29N3O/c1-2-13-28(14-3-1)38-27-31(25-29-15-4-7-18-33(29)38)43-46-44(37-22-12-24-41-42(37)36-21-10-11-23-40(36)49-41)48-45(47-43)39-26-30-16-5-6-17-32(30)34-19-8-9-20-35(34)39/h1-27,43H,(H,46,47,48). The van der Waals surface area contributed by atoms with Gasteiger partial charge in [-0.2, -0.15) is 0 Å². The lowest BCUT2D eigenvalue weighted by atomic mass is 9.94. The molecule has 10 rings (SSSR count). The minimum atomic E-state index is -0.395. The van der Waals surface area contributed by atoms with Crippen LogP contribution in [0.4, 0.5) is 0 Å². The van der Waals surface area contributed by atoms with Gasteiger partial charge >= 0.3 is 0 Å². The number of furan rings is 1. The summed E-state index contributed by atoms with van der Waals surface area (Å²) in [6, 6.07) is 57.5. The van der Waals surface area contributed by atoms with Gasteiger partial charge in [0.2, 0.25) is 0 Å². The molecule has 0 fully saturated rings. The summed E-state index contributed by atoms with van der Waals surface area (Å²) in [7, 11) is 0. The van der Waals surface area contributed by atoms with E-state index >= 15 is 0 Å². The fraction of sp³-hybridized carbons (Fsp3) is 0.0222. The van der Waals surface area contributed by atoms with Crippen LogP contribution in [0.5, 0.6) is 0 Å². The molecule has 9 aromatic rings. The molecular formula is C45H29N3O. The first kappa shape index (κ1) is 27.6. The van der Waals surface area contributed by atoms with Crippen molar-refractivity contribution >= 4 is 65.9 Å². The van der Waals surface area contributed by atoms with Crippen LogP contribution < -0.4 is 5.32 Å². The average molecular weight is 628 g/mol. The number of nitrogens with one attached hydrogen (secondary N) is 1. The van der Waals surface area contributed by atoms with Crippen molar-refractivity contribution in [2.45, 2.75) is 6.17 Å². The van der Waals surface area contributed by atoms with E-state index in [-0.39, 0.29) is 0 Å². The summed E-state index contributed by atoms with van der Waals surface area (Å²) in [5.74, 6) is 1.46. The third-order valence-corrected chi connectivity index (χ3v) is 9.69. The Morgan fingerprint density at radius 1 is 0.469 bits per heavy atom. The van der Waals surface area contributed by atoms with Crippen molar-refractivity contribution in [2.75, 3.05) is 0 Å². The molecule has 0 aliphatic carbocycles. The molecule has 0 saturated heterocycles. The maximum absolute atomic E-state index is 6.31. The first-order valence-electron chi connectivity index (χ1n) is 16.6. The second-order valence-electron chi connectivity index (χ2n) is 12.6. The third-order valence-electron chi connectivity index (χ3n) is 9.69. The summed E-state index contributed by atoms with van der Waals surface area (Å²) in [6.07, 6.45) is -0.395. The normalized spacial score (nSPS) is 14.7. The summed E-state index contributed by atoms with van der Waals surface area (Å²) in [5.41, 5.74) is 7.09. The van der Waals surface area contributed by atoms with E-state index in [0.717, 1.165) is 55.2 Å². The van der Waals surface area contributed by atoms with Crippen molar-refractivity contribution in [1.29, 1.82) is 0 Å². The molecule has 0 saturated carbocycles. The third kappa shape index (κ3) is 4.53. The topological polar surface area (TPSA) is 49.9 Å². The molecule has 1 atom stereocenters. The summed E-state index contributed by atoms with van der Waals surface area (Å²) >= 11 is 0. The molecule has 8 aromatic carbocycles. The lowest BCUT2D eigenvalue weighted by Crippen LogP contribution is -2.33. The predicted molar refractivity (Wildman–Crippen MR) is 204 cm³/mol. The van der Waals surface area contributed by atoms with Crippen LogP contribution >= 0.6 is 0 Å². The van der Waals surface area contributed by atoms with Crippen LogP contribution in [0.3, 0.4) is 0 Å². The van der Waals surface area contributed by atoms with E-state index in [9.17, 15) is 0 Å². The fourth-order valence-corrected chi connectivity index (χ4v) is 7.44. The number of fused-ring (bicyclic) bond motifs is 7. The second-order valence-corrected chi connectivity index (χ2v) is 12.6. The van der Waals surface area contributed by atoms with E-state index in [2.05, 4.69) is 145 Å². The van der Waals surface area contributed by atoms with Crippen LogP contribution in [0.25, 0.3) is 65.4 Å². The van der Waals surface area contributed by atoms with E-state index in [1.807, 2.05) is 24.3 Å². The molecule has 0 spiro atoms. The zero-order chi connectivity index (χ0) is 32.3. The van der Waals surface area contributed by atoms with Gasteiger partial charge in [0.05, 0.1) is 0 Å². The highest BCUT2D eigenvalue weighted by molar-refractivity contribution is 6.25. The largest absolute Gasteiger partial charge is 0.456 e. The highest BCUT2D eigenvalue weighted by Crippen LogP contribution is 2.37. The van der Waals surface area contributed by atoms with Crippen LogP contribution in [-0.2, 0) is 0 Å². The molecular weight excluding hydrogens is 599 g/mol. The van der Waals surface area contributed by atoms with E-state index in [1.165, 1.54) is 32.7 Å². The fourth-order valence-electron chi connectivity index (χ4n) is 7.44. The predicted octanol–water partition coefficient (Wildman–Crippen LogP) is 11.2. The van der Waals surface area contributed by atoms with E-state index in [1.54, 1.807) is 0 Å². The molecule has 4 nitrogen and oxygen atoms in total. The Morgan fingerprint density at radius 2 is 1.12 bits per heavy atom. The van der Waals surface area contributed by atoms with Crippen molar-refractivity contribution in [3.8, 4) is 11.1 Å². The van der Waals surface area contributed by atoms with Gasteiger partial charge in [-0.15, -0.1) is 0 Å². The summed E-state index contributed by atoms with van der Waals surface area (Å²) in [4.78, 5) is 10.8. The monoisotopic (exact) mass is 627 g/mol. The lowest BCUT2D eigenvalue weighted by molar-refractivity contribution is 0.668. The van der Waals surface area contributed by atoms with Gasteiger partial charge in [-0.3, -0.25) is 0 Å². The molecule has 1 N–H and O–H groups in total. The minimum absolute atomic E-state index is 0.395. The number of para-hydroxylation sites is 1. The van der Waals surface area contributed by atoms with E-state index < -0.39 is 6.17 Å². The van der Waals surface area contributed by atoms with Crippen molar-refractivity contribution in [3.05, 3.63) is 180 Å². The maximum atomic E-state index is 6.31. The molecule has 0 radical (unpaired) electrons. The number of rotatable bonds is 4. The van der Waals surface area contributed by atoms with Gasteiger partial charge < -0.3 is 9.73 Å². The SMILES string of the molecule is c1ccc(-c2cc(C3N=C(c4cc5ccccc5c5ccccc45)N=C(c4cccc5oc6ccccc6c45)N3)cc3ccccc23)cc1. The van der Waals surface area contributed by atoms with Crippen LogP contribution in [0.2, 0.25) is 0 Å². The summed E-state index contributed by atoms with van der Waals surface area (Å²) in [5, 5.41) is 12.9. The van der Waals surface area contributed by atoms with Crippen molar-refractivity contribution in [1.82, 2.24) is 5.32 Å². The Morgan fingerprint density at radius 3 is 1.96 bits per heavy atom. The van der Waals surface area contributed by atoms with Crippen molar-refractivity contribution in [2.24, 2.45) is 9.98 Å². The Hall–Kier alpha value is -6.52. The smallest absolute Gasteiger partial charge is 0.160 e. The Balaban J connectivity index is 1.24. The van der Waals surface area contributed by atoms with Crippen molar-refractivity contribution < 1.29 is 4.42 Å². The number of hydrogen-bond donors (Lipinski definition) is 1. The maximum Gasteiger partial charge on any atom is 0.160 e. The zero-order valence-corrected chi connectivity index (χ0v) is 26.5. The van der Waals surface area contributed by atoms with Gasteiger partial charge in [-0.1, -0.05) is 133 Å². The summed E-state index contributed by atoms with van der Waals surface area (Å²) < 4.78 is 6.31. The van der Waals surface area contributed by atoms with E-state index in [4.69, 9.17) is 14.4 Å². The Kier molecular flexibility index (Phi) is 6.21. The minimum Gasteiger partial charge on any atom is -0.456 e. The highest BCUT2D eigenvalue weighted by Gasteiger charge is 2.26. The molecule has 49 heavy (non-hydrogen) atoms. The average Bonchev–Trinajstić information content (AvgIpc) is 3.56. The van der Waals surface area contributed by atoms with Crippen LogP contribution in [0, 0.1) is 0 Å². The van der Waals surface area contributed by atoms with Crippen molar-refractivity contribution in [3.63, 3.8) is 0 Å². The highest BCUT2D eigenvalue weighted by atomic mass is 16.3. The van der Waals surface area contributed by atoms with Crippen LogP contribution in [0.15, 0.2) is 178 Å². The molecule has 1 unspecified atom stereocenters. The van der Waals surface area contributed by atoms with Gasteiger partial charge in [-0.25, -0.2) is 9.98 Å². The molecule has 0 amide bonds. The molecule has 1 aliphatic rings. The number of hydrogen-bond acceptors (Lipinski definition) is 4. The lowest BCUT2D eigenvalue weighted by Gasteiger charge is -2.25. The molecule has 1 aromatic heterocycles. The van der Waals surface area contributed by atoms with Crippen LogP contribution in [-0.4, -0.2) is 11.7 Å². The first-order chi connectivity index (χ1) is 24.3. The number of benzene rings is 8. The Bertz CT molecular complexity index is 2810. The van der Waals surface area contributed by atoms with Gasteiger partial charge in [0.1, 0.15) is 23.2 Å². The number of amidine groups is 2. The Labute approximate surface area is 282 Å². The van der Waals surface area contributed by atoms with Gasteiger partial charge in [0.15, 0.2) is 5.84 Å².